The molecule has 1 aliphatic heterocycles. The Morgan fingerprint density at radius 1 is 1.39 bits per heavy atom. The predicted molar refractivity (Wildman–Crippen MR) is 73.7 cm³/mol. The summed E-state index contributed by atoms with van der Waals surface area (Å²) in [5.41, 5.74) is 6.91. The molecule has 1 aromatic rings. The van der Waals surface area contributed by atoms with Gasteiger partial charge in [0, 0.05) is 29.7 Å². The third-order valence-corrected chi connectivity index (χ3v) is 4.08. The van der Waals surface area contributed by atoms with E-state index in [-0.39, 0.29) is 17.4 Å². The highest BCUT2D eigenvalue weighted by atomic mass is 35.5. The van der Waals surface area contributed by atoms with Gasteiger partial charge in [0.25, 0.3) is 5.91 Å². The Labute approximate surface area is 113 Å². The van der Waals surface area contributed by atoms with Gasteiger partial charge in [-0.2, -0.15) is 0 Å². The molecule has 1 fully saturated rings. The molecular formula is C14H19ClN2O. The van der Waals surface area contributed by atoms with Crippen LogP contribution in [0.5, 0.6) is 0 Å². The number of nitrogens with zero attached hydrogens (tertiary/aromatic N) is 1. The van der Waals surface area contributed by atoms with Crippen LogP contribution in [0.1, 0.15) is 30.6 Å². The van der Waals surface area contributed by atoms with Gasteiger partial charge in [-0.1, -0.05) is 25.4 Å². The van der Waals surface area contributed by atoms with Crippen LogP contribution in [-0.4, -0.2) is 29.9 Å². The van der Waals surface area contributed by atoms with Crippen molar-refractivity contribution in [1.29, 1.82) is 0 Å². The molecule has 0 aromatic heterocycles. The minimum Gasteiger partial charge on any atom is -0.337 e. The van der Waals surface area contributed by atoms with Crippen molar-refractivity contribution in [2.24, 2.45) is 11.1 Å². The van der Waals surface area contributed by atoms with Crippen LogP contribution in [0.25, 0.3) is 0 Å². The zero-order valence-corrected chi connectivity index (χ0v) is 11.6. The maximum absolute atomic E-state index is 12.3. The van der Waals surface area contributed by atoms with E-state index in [4.69, 9.17) is 17.3 Å². The van der Waals surface area contributed by atoms with Gasteiger partial charge in [-0.15, -0.1) is 0 Å². The zero-order chi connectivity index (χ0) is 13.3. The highest BCUT2D eigenvalue weighted by Gasteiger charge is 2.34. The summed E-state index contributed by atoms with van der Waals surface area (Å²) in [5.74, 6) is 0.0395. The number of hydrogen-bond acceptors (Lipinski definition) is 2. The van der Waals surface area contributed by atoms with Gasteiger partial charge in [0.1, 0.15) is 0 Å². The van der Waals surface area contributed by atoms with Crippen LogP contribution < -0.4 is 5.73 Å². The molecule has 3 nitrogen and oxygen atoms in total. The molecule has 98 valence electrons. The molecule has 1 saturated heterocycles. The Bertz CT molecular complexity index is 442. The number of likely N-dealkylation sites (tertiary alicyclic amines) is 1. The lowest BCUT2D eigenvalue weighted by Gasteiger charge is -2.42. The molecule has 0 aliphatic carbocycles. The van der Waals surface area contributed by atoms with Crippen molar-refractivity contribution in [2.45, 2.75) is 26.3 Å². The summed E-state index contributed by atoms with van der Waals surface area (Å²) in [4.78, 5) is 14.1. The van der Waals surface area contributed by atoms with Gasteiger partial charge in [0.2, 0.25) is 0 Å². The van der Waals surface area contributed by atoms with Gasteiger partial charge in [-0.05, 0) is 36.1 Å². The van der Waals surface area contributed by atoms with Crippen LogP contribution in [0, 0.1) is 5.41 Å². The van der Waals surface area contributed by atoms with Gasteiger partial charge in [0.05, 0.1) is 0 Å². The van der Waals surface area contributed by atoms with Crippen molar-refractivity contribution < 1.29 is 4.79 Å². The second-order valence-electron chi connectivity index (χ2n) is 5.60. The second kappa shape index (κ2) is 4.90. The lowest BCUT2D eigenvalue weighted by molar-refractivity contribution is 0.0575. The normalized spacial score (nSPS) is 22.9. The molecule has 0 spiro atoms. The smallest absolute Gasteiger partial charge is 0.253 e. The summed E-state index contributed by atoms with van der Waals surface area (Å²) in [7, 11) is 0. The monoisotopic (exact) mass is 266 g/mol. The lowest BCUT2D eigenvalue weighted by atomic mass is 9.78. The van der Waals surface area contributed by atoms with Crippen LogP contribution in [0.4, 0.5) is 0 Å². The van der Waals surface area contributed by atoms with E-state index in [0.29, 0.717) is 17.1 Å². The SMILES string of the molecule is CC1(C)CCN(C(=O)c2ccc(Cl)cc2)CC1N. The van der Waals surface area contributed by atoms with Gasteiger partial charge >= 0.3 is 0 Å². The number of hydrogen-bond donors (Lipinski definition) is 1. The highest BCUT2D eigenvalue weighted by Crippen LogP contribution is 2.29. The van der Waals surface area contributed by atoms with E-state index in [1.54, 1.807) is 24.3 Å². The fourth-order valence-electron chi connectivity index (χ4n) is 2.14. The Hall–Kier alpha value is -1.06. The highest BCUT2D eigenvalue weighted by molar-refractivity contribution is 6.30. The summed E-state index contributed by atoms with van der Waals surface area (Å²) in [6.07, 6.45) is 0.938. The Balaban J connectivity index is 2.09. The second-order valence-corrected chi connectivity index (χ2v) is 6.04. The maximum atomic E-state index is 12.3. The molecule has 2 rings (SSSR count). The van der Waals surface area contributed by atoms with Crippen molar-refractivity contribution in [3.63, 3.8) is 0 Å². The van der Waals surface area contributed by atoms with Crippen LogP contribution in [0.3, 0.4) is 0 Å². The van der Waals surface area contributed by atoms with Crippen molar-refractivity contribution in [1.82, 2.24) is 4.90 Å². The molecule has 18 heavy (non-hydrogen) atoms. The molecule has 1 atom stereocenters. The van der Waals surface area contributed by atoms with Crippen molar-refractivity contribution >= 4 is 17.5 Å². The van der Waals surface area contributed by atoms with Crippen LogP contribution in [-0.2, 0) is 0 Å². The van der Waals surface area contributed by atoms with Crippen molar-refractivity contribution in [2.75, 3.05) is 13.1 Å². The molecule has 0 bridgehead atoms. The summed E-state index contributed by atoms with van der Waals surface area (Å²) in [5, 5.41) is 0.642. The summed E-state index contributed by atoms with van der Waals surface area (Å²) in [6.45, 7) is 5.69. The zero-order valence-electron chi connectivity index (χ0n) is 10.8. The van der Waals surface area contributed by atoms with Crippen LogP contribution in [0.15, 0.2) is 24.3 Å². The number of benzene rings is 1. The third-order valence-electron chi connectivity index (χ3n) is 3.83. The summed E-state index contributed by atoms with van der Waals surface area (Å²) < 4.78 is 0. The molecular weight excluding hydrogens is 248 g/mol. The van der Waals surface area contributed by atoms with E-state index >= 15 is 0 Å². The van der Waals surface area contributed by atoms with E-state index in [2.05, 4.69) is 13.8 Å². The van der Waals surface area contributed by atoms with Crippen LogP contribution in [0.2, 0.25) is 5.02 Å². The summed E-state index contributed by atoms with van der Waals surface area (Å²) in [6, 6.07) is 7.03. The van der Waals surface area contributed by atoms with E-state index < -0.39 is 0 Å². The number of carbonyl (C=O) groups is 1. The largest absolute Gasteiger partial charge is 0.337 e. The first kappa shape index (κ1) is 13.4. The Morgan fingerprint density at radius 2 is 2.00 bits per heavy atom. The number of piperidine rings is 1. The molecule has 2 N–H and O–H groups in total. The third kappa shape index (κ3) is 2.68. The first-order valence-corrected chi connectivity index (χ1v) is 6.58. The number of nitrogens with two attached hydrogens (primary N) is 1. The average Bonchev–Trinajstić information content (AvgIpc) is 2.33. The van der Waals surface area contributed by atoms with Gasteiger partial charge in [0.15, 0.2) is 0 Å². The van der Waals surface area contributed by atoms with Gasteiger partial charge in [-0.3, -0.25) is 4.79 Å². The maximum Gasteiger partial charge on any atom is 0.253 e. The number of halogens is 1. The standard InChI is InChI=1S/C14H19ClN2O/c1-14(2)7-8-17(9-12(14)16)13(18)10-3-5-11(15)6-4-10/h3-6,12H,7-9,16H2,1-2H3. The fourth-order valence-corrected chi connectivity index (χ4v) is 2.27. The molecule has 1 aromatic carbocycles. The molecule has 1 heterocycles. The first-order chi connectivity index (χ1) is 8.40. The Morgan fingerprint density at radius 3 is 2.56 bits per heavy atom. The van der Waals surface area contributed by atoms with Gasteiger partial charge in [-0.25, -0.2) is 0 Å². The fraction of sp³-hybridized carbons (Fsp3) is 0.500. The minimum atomic E-state index is 0.0301. The molecule has 0 saturated carbocycles. The number of amides is 1. The van der Waals surface area contributed by atoms with Gasteiger partial charge < -0.3 is 10.6 Å². The molecule has 0 radical (unpaired) electrons. The van der Waals surface area contributed by atoms with E-state index in [1.807, 2.05) is 4.90 Å². The number of carbonyl (C=O) groups excluding carboxylic acids is 1. The summed E-state index contributed by atoms with van der Waals surface area (Å²) >= 11 is 5.82. The molecule has 1 aliphatic rings. The molecule has 4 heteroatoms. The first-order valence-electron chi connectivity index (χ1n) is 6.20. The quantitative estimate of drug-likeness (QED) is 0.849. The lowest BCUT2D eigenvalue weighted by Crippen LogP contribution is -2.54. The van der Waals surface area contributed by atoms with Crippen LogP contribution >= 0.6 is 11.6 Å². The van der Waals surface area contributed by atoms with Crippen molar-refractivity contribution in [3.05, 3.63) is 34.9 Å². The Kier molecular flexibility index (Phi) is 3.64. The molecule has 1 amide bonds. The van der Waals surface area contributed by atoms with E-state index in [0.717, 1.165) is 13.0 Å². The molecule has 1 unspecified atom stereocenters. The predicted octanol–water partition coefficient (Wildman–Crippen LogP) is 2.54. The van der Waals surface area contributed by atoms with Crippen molar-refractivity contribution in [3.8, 4) is 0 Å². The van der Waals surface area contributed by atoms with E-state index in [1.165, 1.54) is 0 Å². The number of rotatable bonds is 1. The average molecular weight is 267 g/mol. The minimum absolute atomic E-state index is 0.0301. The van der Waals surface area contributed by atoms with E-state index in [9.17, 15) is 4.79 Å². The topological polar surface area (TPSA) is 46.3 Å².